The zero-order valence-corrected chi connectivity index (χ0v) is 10.9. The summed E-state index contributed by atoms with van der Waals surface area (Å²) in [7, 11) is 0. The van der Waals surface area contributed by atoms with Crippen molar-refractivity contribution < 1.29 is 9.53 Å². The lowest BCUT2D eigenvalue weighted by molar-refractivity contribution is 0.0664. The lowest BCUT2D eigenvalue weighted by Crippen LogP contribution is -2.39. The molecular formula is C12H25NO2. The van der Waals surface area contributed by atoms with E-state index in [1.54, 1.807) is 4.90 Å². The van der Waals surface area contributed by atoms with Crippen LogP contribution in [0.1, 0.15) is 48.0 Å². The first-order chi connectivity index (χ1) is 6.84. The smallest absolute Gasteiger partial charge is 0.410 e. The third-order valence-electron chi connectivity index (χ3n) is 2.14. The summed E-state index contributed by atoms with van der Waals surface area (Å²) < 4.78 is 5.19. The molecule has 15 heavy (non-hydrogen) atoms. The van der Waals surface area contributed by atoms with Crippen LogP contribution in [0.5, 0.6) is 0 Å². The Labute approximate surface area is 93.8 Å². The molecule has 0 rings (SSSR count). The van der Waals surface area contributed by atoms with E-state index in [9.17, 15) is 4.79 Å². The molecule has 0 aromatic carbocycles. The number of rotatable bonds is 5. The van der Waals surface area contributed by atoms with Crippen molar-refractivity contribution in [2.24, 2.45) is 5.92 Å². The Balaban J connectivity index is 4.19. The van der Waals surface area contributed by atoms with Crippen molar-refractivity contribution in [3.05, 3.63) is 0 Å². The molecular weight excluding hydrogens is 190 g/mol. The summed E-state index contributed by atoms with van der Waals surface area (Å²) in [5.74, 6) is 0.609. The first kappa shape index (κ1) is 14.3. The van der Waals surface area contributed by atoms with Crippen LogP contribution in [0, 0.1) is 5.92 Å². The predicted octanol–water partition coefficient (Wildman–Crippen LogP) is 3.29. The molecule has 0 spiro atoms. The van der Waals surface area contributed by atoms with E-state index < -0.39 is 0 Å². The van der Waals surface area contributed by atoms with Gasteiger partial charge in [0.15, 0.2) is 0 Å². The van der Waals surface area contributed by atoms with E-state index in [-0.39, 0.29) is 18.2 Å². The van der Waals surface area contributed by atoms with Crippen LogP contribution in [0.15, 0.2) is 0 Å². The highest BCUT2D eigenvalue weighted by molar-refractivity contribution is 5.68. The zero-order valence-electron chi connectivity index (χ0n) is 10.9. The summed E-state index contributed by atoms with van der Waals surface area (Å²) in [6.07, 6.45) is 0.782. The van der Waals surface area contributed by atoms with Gasteiger partial charge in [0, 0.05) is 12.6 Å². The minimum Gasteiger partial charge on any atom is -0.447 e. The molecule has 3 heteroatoms. The number of hydrogen-bond donors (Lipinski definition) is 0. The minimum atomic E-state index is -0.194. The second kappa shape index (κ2) is 6.70. The van der Waals surface area contributed by atoms with Crippen molar-refractivity contribution >= 4 is 6.09 Å². The molecule has 0 atom stereocenters. The number of carbonyl (C=O) groups is 1. The van der Waals surface area contributed by atoms with Crippen molar-refractivity contribution in [1.29, 1.82) is 0 Å². The van der Waals surface area contributed by atoms with E-state index >= 15 is 0 Å². The molecule has 90 valence electrons. The largest absolute Gasteiger partial charge is 0.447 e. The van der Waals surface area contributed by atoms with Crippen molar-refractivity contribution in [3.63, 3.8) is 0 Å². The average Bonchev–Trinajstić information content (AvgIpc) is 2.01. The summed E-state index contributed by atoms with van der Waals surface area (Å²) in [6.45, 7) is 12.9. The van der Waals surface area contributed by atoms with Gasteiger partial charge in [-0.2, -0.15) is 0 Å². The Kier molecular flexibility index (Phi) is 6.37. The van der Waals surface area contributed by atoms with Gasteiger partial charge in [0.05, 0.1) is 6.10 Å². The zero-order chi connectivity index (χ0) is 12.0. The Morgan fingerprint density at radius 2 is 1.67 bits per heavy atom. The van der Waals surface area contributed by atoms with E-state index in [1.165, 1.54) is 0 Å². The highest BCUT2D eigenvalue weighted by atomic mass is 16.6. The molecule has 0 saturated heterocycles. The van der Waals surface area contributed by atoms with E-state index in [1.807, 2.05) is 27.7 Å². The molecule has 0 fully saturated rings. The molecule has 0 saturated carbocycles. The van der Waals surface area contributed by atoms with Gasteiger partial charge in [-0.1, -0.05) is 13.8 Å². The lowest BCUT2D eigenvalue weighted by atomic mass is 10.1. The second-order valence-corrected chi connectivity index (χ2v) is 4.90. The third-order valence-corrected chi connectivity index (χ3v) is 2.14. The van der Waals surface area contributed by atoms with Gasteiger partial charge in [-0.3, -0.25) is 0 Å². The van der Waals surface area contributed by atoms with Crippen molar-refractivity contribution in [2.45, 2.75) is 60.1 Å². The predicted molar refractivity (Wildman–Crippen MR) is 62.9 cm³/mol. The number of ether oxygens (including phenoxy) is 1. The second-order valence-electron chi connectivity index (χ2n) is 4.90. The number of hydrogen-bond acceptors (Lipinski definition) is 2. The Morgan fingerprint density at radius 1 is 1.13 bits per heavy atom. The van der Waals surface area contributed by atoms with Crippen LogP contribution in [-0.2, 0) is 4.74 Å². The van der Waals surface area contributed by atoms with Crippen LogP contribution in [0.25, 0.3) is 0 Å². The molecule has 0 aliphatic heterocycles. The van der Waals surface area contributed by atoms with Crippen molar-refractivity contribution in [3.8, 4) is 0 Å². The maximum absolute atomic E-state index is 11.7. The van der Waals surface area contributed by atoms with Crippen LogP contribution >= 0.6 is 0 Å². The van der Waals surface area contributed by atoms with Gasteiger partial charge in [-0.05, 0) is 40.0 Å². The van der Waals surface area contributed by atoms with E-state index in [2.05, 4.69) is 13.8 Å². The van der Waals surface area contributed by atoms with Gasteiger partial charge in [-0.25, -0.2) is 4.79 Å². The molecule has 0 aromatic heterocycles. The maximum Gasteiger partial charge on any atom is 0.410 e. The van der Waals surface area contributed by atoms with Crippen LogP contribution in [0.4, 0.5) is 4.79 Å². The Bertz CT molecular complexity index is 188. The fraction of sp³-hybridized carbons (Fsp3) is 0.917. The van der Waals surface area contributed by atoms with Crippen LogP contribution in [0.2, 0.25) is 0 Å². The van der Waals surface area contributed by atoms with E-state index in [4.69, 9.17) is 4.74 Å². The molecule has 0 radical (unpaired) electrons. The quantitative estimate of drug-likeness (QED) is 0.704. The van der Waals surface area contributed by atoms with Crippen LogP contribution in [0.3, 0.4) is 0 Å². The molecule has 0 aliphatic carbocycles. The summed E-state index contributed by atoms with van der Waals surface area (Å²) in [5, 5.41) is 0. The fourth-order valence-electron chi connectivity index (χ4n) is 1.23. The fourth-order valence-corrected chi connectivity index (χ4v) is 1.23. The van der Waals surface area contributed by atoms with Gasteiger partial charge in [0.1, 0.15) is 0 Å². The Morgan fingerprint density at radius 3 is 2.00 bits per heavy atom. The standard InChI is InChI=1S/C12H25NO2/c1-9(2)7-8-13(10(3)4)12(14)15-11(5)6/h9-11H,7-8H2,1-6H3. The molecule has 0 unspecified atom stereocenters. The van der Waals surface area contributed by atoms with Gasteiger partial charge >= 0.3 is 6.09 Å². The highest BCUT2D eigenvalue weighted by Crippen LogP contribution is 2.08. The molecule has 0 aromatic rings. The summed E-state index contributed by atoms with van der Waals surface area (Å²) in [5.41, 5.74) is 0. The van der Waals surface area contributed by atoms with Gasteiger partial charge < -0.3 is 9.64 Å². The first-order valence-electron chi connectivity index (χ1n) is 5.81. The van der Waals surface area contributed by atoms with Gasteiger partial charge in [0.25, 0.3) is 0 Å². The third kappa shape index (κ3) is 6.37. The molecule has 1 amide bonds. The number of nitrogens with zero attached hydrogens (tertiary/aromatic N) is 1. The Hall–Kier alpha value is -0.730. The lowest BCUT2D eigenvalue weighted by Gasteiger charge is -2.27. The van der Waals surface area contributed by atoms with Crippen molar-refractivity contribution in [2.75, 3.05) is 6.54 Å². The maximum atomic E-state index is 11.7. The summed E-state index contributed by atoms with van der Waals surface area (Å²) in [4.78, 5) is 13.5. The minimum absolute atomic E-state index is 0.0437. The number of carbonyl (C=O) groups excluding carboxylic acids is 1. The van der Waals surface area contributed by atoms with Gasteiger partial charge in [0.2, 0.25) is 0 Å². The first-order valence-corrected chi connectivity index (χ1v) is 5.81. The molecule has 0 heterocycles. The normalized spacial score (nSPS) is 11.3. The van der Waals surface area contributed by atoms with Crippen molar-refractivity contribution in [1.82, 2.24) is 4.90 Å². The van der Waals surface area contributed by atoms with Gasteiger partial charge in [-0.15, -0.1) is 0 Å². The highest BCUT2D eigenvalue weighted by Gasteiger charge is 2.19. The number of amides is 1. The molecule has 0 bridgehead atoms. The van der Waals surface area contributed by atoms with Crippen LogP contribution in [-0.4, -0.2) is 29.7 Å². The summed E-state index contributed by atoms with van der Waals surface area (Å²) >= 11 is 0. The van der Waals surface area contributed by atoms with Crippen LogP contribution < -0.4 is 0 Å². The van der Waals surface area contributed by atoms with E-state index in [0.29, 0.717) is 5.92 Å². The summed E-state index contributed by atoms with van der Waals surface area (Å²) in [6, 6.07) is 0.204. The average molecular weight is 215 g/mol. The molecule has 0 aliphatic rings. The molecule has 0 N–H and O–H groups in total. The SMILES string of the molecule is CC(C)CCN(C(=O)OC(C)C)C(C)C. The topological polar surface area (TPSA) is 29.5 Å². The van der Waals surface area contributed by atoms with E-state index in [0.717, 1.165) is 13.0 Å². The monoisotopic (exact) mass is 215 g/mol. The molecule has 3 nitrogen and oxygen atoms in total.